The van der Waals surface area contributed by atoms with Gasteiger partial charge in [0.25, 0.3) is 0 Å². The van der Waals surface area contributed by atoms with Crippen LogP contribution < -0.4 is 0 Å². The monoisotopic (exact) mass is 1160 g/mol. The Balaban J connectivity index is 2.68. The molecule has 0 amide bonds. The van der Waals surface area contributed by atoms with Crippen LogP contribution in [0.1, 0.15) is 265 Å². The fraction of sp³-hybridized carbons (Fsp3) is 0.690. The summed E-state index contributed by atoms with van der Waals surface area (Å²) in [6.07, 6.45) is 66.0. The normalized spacial score (nSPS) is 18.3. The highest BCUT2D eigenvalue weighted by Crippen LogP contribution is 2.26. The van der Waals surface area contributed by atoms with Crippen LogP contribution in [0, 0.1) is 0 Å². The van der Waals surface area contributed by atoms with E-state index in [1.54, 1.807) is 0 Å². The smallest absolute Gasteiger partial charge is 0.335 e. The number of aliphatic hydroxyl groups is 2. The third-order valence-corrected chi connectivity index (χ3v) is 14.3. The maximum absolute atomic E-state index is 13.2. The Morgan fingerprint density at radius 3 is 1.16 bits per heavy atom. The lowest BCUT2D eigenvalue weighted by molar-refractivity contribution is -0.301. The Bertz CT molecular complexity index is 1860. The van der Waals surface area contributed by atoms with E-state index in [0.29, 0.717) is 19.3 Å². The van der Waals surface area contributed by atoms with Crippen molar-refractivity contribution in [3.8, 4) is 0 Å². The summed E-state index contributed by atoms with van der Waals surface area (Å²) in [6, 6.07) is 0. The van der Waals surface area contributed by atoms with E-state index in [9.17, 15) is 34.5 Å². The largest absolute Gasteiger partial charge is 0.479 e. The van der Waals surface area contributed by atoms with Gasteiger partial charge in [-0.3, -0.25) is 14.4 Å². The minimum Gasteiger partial charge on any atom is -0.479 e. The first-order valence-electron chi connectivity index (χ1n) is 32.9. The van der Waals surface area contributed by atoms with Crippen molar-refractivity contribution in [3.05, 3.63) is 109 Å². The Morgan fingerprint density at radius 1 is 0.410 bits per heavy atom. The molecule has 1 saturated heterocycles. The highest BCUT2D eigenvalue weighted by atomic mass is 16.7. The van der Waals surface area contributed by atoms with Gasteiger partial charge in [-0.25, -0.2) is 4.79 Å². The molecule has 6 atom stereocenters. The van der Waals surface area contributed by atoms with Gasteiger partial charge in [0.1, 0.15) is 18.8 Å². The zero-order valence-corrected chi connectivity index (χ0v) is 52.2. The number of rotatable bonds is 55. The number of aliphatic carboxylic acids is 1. The molecule has 0 bridgehead atoms. The number of carbonyl (C=O) groups excluding carboxylic acids is 3. The van der Waals surface area contributed by atoms with Gasteiger partial charge in [0.2, 0.25) is 0 Å². The van der Waals surface area contributed by atoms with E-state index >= 15 is 0 Å². The van der Waals surface area contributed by atoms with Gasteiger partial charge in [0.15, 0.2) is 24.6 Å². The van der Waals surface area contributed by atoms with E-state index < -0.39 is 67.3 Å². The molecule has 0 aliphatic carbocycles. The number of hydrogen-bond donors (Lipinski definition) is 3. The first-order chi connectivity index (χ1) is 40.6. The summed E-state index contributed by atoms with van der Waals surface area (Å²) in [5.74, 6) is -3.18. The summed E-state index contributed by atoms with van der Waals surface area (Å²) >= 11 is 0. The lowest BCUT2D eigenvalue weighted by Crippen LogP contribution is -2.61. The minimum atomic E-state index is -1.92. The predicted molar refractivity (Wildman–Crippen MR) is 340 cm³/mol. The molecule has 472 valence electrons. The molecule has 83 heavy (non-hydrogen) atoms. The molecule has 3 N–H and O–H groups in total. The van der Waals surface area contributed by atoms with Crippen LogP contribution in [0.15, 0.2) is 109 Å². The second-order valence-electron chi connectivity index (χ2n) is 22.0. The average Bonchev–Trinajstić information content (AvgIpc) is 3.60. The molecule has 0 aromatic rings. The van der Waals surface area contributed by atoms with Crippen LogP contribution in [-0.2, 0) is 42.9 Å². The molecule has 0 aromatic heterocycles. The second-order valence-corrected chi connectivity index (χ2v) is 22.0. The maximum Gasteiger partial charge on any atom is 0.335 e. The van der Waals surface area contributed by atoms with Crippen LogP contribution in [0.2, 0.25) is 0 Å². The van der Waals surface area contributed by atoms with Gasteiger partial charge in [0.05, 0.1) is 6.61 Å². The number of hydrogen-bond acceptors (Lipinski definition) is 11. The molecule has 0 spiro atoms. The quantitative estimate of drug-likeness (QED) is 0.0228. The van der Waals surface area contributed by atoms with E-state index in [1.165, 1.54) is 44.9 Å². The van der Waals surface area contributed by atoms with Gasteiger partial charge >= 0.3 is 23.9 Å². The second kappa shape index (κ2) is 57.8. The average molecular weight is 1160 g/mol. The number of allylic oxidation sites excluding steroid dienone is 18. The first-order valence-corrected chi connectivity index (χ1v) is 32.9. The summed E-state index contributed by atoms with van der Waals surface area (Å²) in [4.78, 5) is 51.4. The number of ether oxygens (including phenoxy) is 5. The van der Waals surface area contributed by atoms with Gasteiger partial charge in [0, 0.05) is 19.3 Å². The number of carboxylic acids is 1. The number of carboxylic acid groups (broad SMARTS) is 1. The lowest BCUT2D eigenvalue weighted by Gasteiger charge is -2.40. The van der Waals surface area contributed by atoms with E-state index in [0.717, 1.165) is 161 Å². The van der Waals surface area contributed by atoms with Crippen molar-refractivity contribution in [2.45, 2.75) is 302 Å². The molecule has 6 unspecified atom stereocenters. The van der Waals surface area contributed by atoms with Crippen LogP contribution >= 0.6 is 0 Å². The van der Waals surface area contributed by atoms with Crippen molar-refractivity contribution in [1.82, 2.24) is 0 Å². The highest BCUT2D eigenvalue weighted by Gasteiger charge is 2.50. The molecule has 12 nitrogen and oxygen atoms in total. The van der Waals surface area contributed by atoms with Crippen molar-refractivity contribution < 1.29 is 58.2 Å². The fourth-order valence-electron chi connectivity index (χ4n) is 9.28. The standard InChI is InChI=1S/C71H116O12/c1-4-7-10-13-16-19-22-25-28-30-32-34-37-39-42-45-48-51-54-57-63(72)79-60-62(81-64(73)58-55-52-49-46-43-40-36-27-24-21-18-15-12-9-6-3)61-80-71-69(67(76)66(75)68(83-71)70(77)78)82-65(74)59-56-53-50-47-44-41-38-35-33-31-29-26-23-20-17-14-11-8-5-2/h9,12,16-21,25-29,32-36,62,66-69,71,75-76H,4-8,10-11,13-15,22-24,30-31,37-61H2,1-3H3,(H,77,78)/b12-9-,19-16-,20-17-,21-18-,28-25-,29-26-,34-32-,35-33-,36-27-. The molecule has 12 heteroatoms. The van der Waals surface area contributed by atoms with Crippen LogP contribution in [0.25, 0.3) is 0 Å². The van der Waals surface area contributed by atoms with Gasteiger partial charge < -0.3 is 39.0 Å². The van der Waals surface area contributed by atoms with Crippen molar-refractivity contribution in [3.63, 3.8) is 0 Å². The summed E-state index contributed by atoms with van der Waals surface area (Å²) in [5, 5.41) is 31.6. The van der Waals surface area contributed by atoms with E-state index in [2.05, 4.69) is 130 Å². The molecule has 0 saturated carbocycles. The number of aliphatic hydroxyl groups excluding tert-OH is 2. The Labute approximate surface area is 504 Å². The molecule has 1 aliphatic rings. The SMILES string of the molecule is CC/C=C\C/C=C\C/C=C\CCCCCCCC(=O)OC(COC(=O)CCCCCCCC/C=C\C/C=C\C/C=C\CCCCC)COC1OC(C(=O)O)C(O)C(O)C1OC(=O)CCCCCCCC/C=C\C/C=C\C/C=C\CCCCC. The number of esters is 3. The number of unbranched alkanes of at least 4 members (excludes halogenated alkanes) is 23. The number of carbonyl (C=O) groups is 4. The summed E-state index contributed by atoms with van der Waals surface area (Å²) in [5.41, 5.74) is 0. The molecule has 1 aliphatic heterocycles. The van der Waals surface area contributed by atoms with Crippen LogP contribution in [0.3, 0.4) is 0 Å². The molecular weight excluding hydrogens is 1040 g/mol. The zero-order valence-electron chi connectivity index (χ0n) is 52.2. The molecule has 0 aromatic carbocycles. The Hall–Kier alpha value is -4.62. The summed E-state index contributed by atoms with van der Waals surface area (Å²) < 4.78 is 28.5. The predicted octanol–water partition coefficient (Wildman–Crippen LogP) is 17.8. The summed E-state index contributed by atoms with van der Waals surface area (Å²) in [7, 11) is 0. The van der Waals surface area contributed by atoms with Crippen LogP contribution in [-0.4, -0.2) is 89.2 Å². The fourth-order valence-corrected chi connectivity index (χ4v) is 9.28. The lowest BCUT2D eigenvalue weighted by atomic mass is 9.98. The zero-order chi connectivity index (χ0) is 60.3. The highest BCUT2D eigenvalue weighted by molar-refractivity contribution is 5.74. The van der Waals surface area contributed by atoms with Gasteiger partial charge in [-0.15, -0.1) is 0 Å². The molecule has 1 heterocycles. The van der Waals surface area contributed by atoms with Crippen molar-refractivity contribution in [2.24, 2.45) is 0 Å². The van der Waals surface area contributed by atoms with Gasteiger partial charge in [-0.2, -0.15) is 0 Å². The van der Waals surface area contributed by atoms with Crippen LogP contribution in [0.5, 0.6) is 0 Å². The Kier molecular flexibility index (Phi) is 53.2. The molecule has 1 fully saturated rings. The minimum absolute atomic E-state index is 0.0375. The maximum atomic E-state index is 13.2. The van der Waals surface area contributed by atoms with Crippen molar-refractivity contribution in [1.29, 1.82) is 0 Å². The van der Waals surface area contributed by atoms with Gasteiger partial charge in [-0.05, 0) is 128 Å². The first kappa shape index (κ1) is 76.4. The van der Waals surface area contributed by atoms with Crippen molar-refractivity contribution >= 4 is 23.9 Å². The van der Waals surface area contributed by atoms with E-state index in [4.69, 9.17) is 23.7 Å². The van der Waals surface area contributed by atoms with Crippen LogP contribution in [0.4, 0.5) is 0 Å². The van der Waals surface area contributed by atoms with E-state index in [1.807, 2.05) is 0 Å². The molecule has 1 rings (SSSR count). The topological polar surface area (TPSA) is 175 Å². The third-order valence-electron chi connectivity index (χ3n) is 14.3. The van der Waals surface area contributed by atoms with Crippen molar-refractivity contribution in [2.75, 3.05) is 13.2 Å². The third kappa shape index (κ3) is 47.3. The van der Waals surface area contributed by atoms with Gasteiger partial charge in [-0.1, -0.05) is 226 Å². The Morgan fingerprint density at radius 2 is 0.759 bits per heavy atom. The van der Waals surface area contributed by atoms with E-state index in [-0.39, 0.29) is 25.9 Å². The molecular formula is C71H116O12. The molecule has 0 radical (unpaired) electrons. The summed E-state index contributed by atoms with van der Waals surface area (Å²) in [6.45, 7) is 5.81.